The fourth-order valence-corrected chi connectivity index (χ4v) is 2.37. The number of halogens is 1. The predicted molar refractivity (Wildman–Crippen MR) is 87.0 cm³/mol. The molecule has 2 aromatic rings. The molecule has 0 fully saturated rings. The quantitative estimate of drug-likeness (QED) is 0.405. The van der Waals surface area contributed by atoms with Gasteiger partial charge in [0.05, 0.1) is 0 Å². The lowest BCUT2D eigenvalue weighted by atomic mass is 10.0. The van der Waals surface area contributed by atoms with Crippen molar-refractivity contribution < 1.29 is 4.79 Å². The zero-order valence-corrected chi connectivity index (χ0v) is 13.1. The fourth-order valence-electron chi connectivity index (χ4n) is 2.26. The van der Waals surface area contributed by atoms with E-state index in [-0.39, 0.29) is 5.78 Å². The van der Waals surface area contributed by atoms with E-state index >= 15 is 0 Å². The van der Waals surface area contributed by atoms with Crippen LogP contribution in [0.5, 0.6) is 0 Å². The minimum atomic E-state index is -0.0169. The molecule has 110 valence electrons. The molecule has 0 aliphatic rings. The second-order valence-corrected chi connectivity index (χ2v) is 5.59. The van der Waals surface area contributed by atoms with Gasteiger partial charge in [0.2, 0.25) is 0 Å². The lowest BCUT2D eigenvalue weighted by molar-refractivity contribution is 0.103. The molecule has 21 heavy (non-hydrogen) atoms. The zero-order chi connectivity index (χ0) is 15.1. The third-order valence-electron chi connectivity index (χ3n) is 3.52. The number of aromatic nitrogens is 1. The summed E-state index contributed by atoms with van der Waals surface area (Å²) >= 11 is 5.73. The number of pyridine rings is 1. The van der Waals surface area contributed by atoms with Crippen LogP contribution in [0.4, 0.5) is 0 Å². The number of unbranched alkanes of at least 4 members (excludes halogenated alkanes) is 3. The summed E-state index contributed by atoms with van der Waals surface area (Å²) in [5, 5.41) is 0.397. The highest BCUT2D eigenvalue weighted by molar-refractivity contribution is 6.29. The maximum atomic E-state index is 12.3. The number of hydrogen-bond acceptors (Lipinski definition) is 2. The van der Waals surface area contributed by atoms with Crippen LogP contribution in [-0.4, -0.2) is 10.8 Å². The highest BCUT2D eigenvalue weighted by Gasteiger charge is 2.09. The van der Waals surface area contributed by atoms with Crippen molar-refractivity contribution in [3.8, 4) is 0 Å². The van der Waals surface area contributed by atoms with Crippen LogP contribution >= 0.6 is 11.6 Å². The number of carbonyl (C=O) groups excluding carboxylic acids is 1. The lowest BCUT2D eigenvalue weighted by Gasteiger charge is -2.04. The second-order valence-electron chi connectivity index (χ2n) is 5.21. The van der Waals surface area contributed by atoms with Gasteiger partial charge in [-0.15, -0.1) is 0 Å². The number of aryl methyl sites for hydroxylation is 1. The molecule has 0 atom stereocenters. The van der Waals surface area contributed by atoms with Crippen LogP contribution in [0, 0.1) is 0 Å². The Kier molecular flexibility index (Phi) is 5.94. The van der Waals surface area contributed by atoms with E-state index in [1.807, 2.05) is 24.3 Å². The second kappa shape index (κ2) is 7.94. The van der Waals surface area contributed by atoms with Gasteiger partial charge < -0.3 is 0 Å². The SMILES string of the molecule is CCCCCCc1ccc(C(=O)c2ccc(Cl)nc2)cc1. The first-order valence-corrected chi connectivity index (χ1v) is 7.83. The normalized spacial score (nSPS) is 10.6. The standard InChI is InChI=1S/C18H20ClNO/c1-2-3-4-5-6-14-7-9-15(10-8-14)18(21)16-11-12-17(19)20-13-16/h7-13H,2-6H2,1H3. The van der Waals surface area contributed by atoms with Crippen molar-refractivity contribution in [3.05, 3.63) is 64.4 Å². The summed E-state index contributed by atoms with van der Waals surface area (Å²) in [4.78, 5) is 16.2. The minimum absolute atomic E-state index is 0.0169. The molecule has 2 rings (SSSR count). The molecule has 1 aromatic heterocycles. The number of benzene rings is 1. The Morgan fingerprint density at radius 3 is 2.33 bits per heavy atom. The molecule has 1 heterocycles. The average molecular weight is 302 g/mol. The van der Waals surface area contributed by atoms with Crippen LogP contribution in [0.25, 0.3) is 0 Å². The first-order valence-electron chi connectivity index (χ1n) is 7.46. The Labute approximate surface area is 131 Å². The maximum Gasteiger partial charge on any atom is 0.194 e. The van der Waals surface area contributed by atoms with Crippen molar-refractivity contribution >= 4 is 17.4 Å². The summed E-state index contributed by atoms with van der Waals surface area (Å²) in [6, 6.07) is 11.2. The summed E-state index contributed by atoms with van der Waals surface area (Å²) in [5.74, 6) is -0.0169. The summed E-state index contributed by atoms with van der Waals surface area (Å²) in [7, 11) is 0. The van der Waals surface area contributed by atoms with Crippen LogP contribution in [0.15, 0.2) is 42.6 Å². The summed E-state index contributed by atoms with van der Waals surface area (Å²) in [6.07, 6.45) is 7.62. The predicted octanol–water partition coefficient (Wildman–Crippen LogP) is 5.09. The largest absolute Gasteiger partial charge is 0.289 e. The number of carbonyl (C=O) groups is 1. The van der Waals surface area contributed by atoms with Crippen molar-refractivity contribution in [1.29, 1.82) is 0 Å². The summed E-state index contributed by atoms with van der Waals surface area (Å²) in [6.45, 7) is 2.21. The molecule has 0 amide bonds. The first kappa shape index (κ1) is 15.7. The van der Waals surface area contributed by atoms with E-state index in [1.165, 1.54) is 37.4 Å². The smallest absolute Gasteiger partial charge is 0.194 e. The van der Waals surface area contributed by atoms with E-state index in [9.17, 15) is 4.79 Å². The van der Waals surface area contributed by atoms with Gasteiger partial charge in [-0.1, -0.05) is 62.1 Å². The van der Waals surface area contributed by atoms with Gasteiger partial charge in [0, 0.05) is 17.3 Å². The third kappa shape index (κ3) is 4.68. The Hall–Kier alpha value is -1.67. The topological polar surface area (TPSA) is 30.0 Å². The summed E-state index contributed by atoms with van der Waals surface area (Å²) in [5.41, 5.74) is 2.54. The van der Waals surface area contributed by atoms with Gasteiger partial charge in [-0.2, -0.15) is 0 Å². The van der Waals surface area contributed by atoms with Crippen LogP contribution in [0.2, 0.25) is 5.15 Å². The fraction of sp³-hybridized carbons (Fsp3) is 0.333. The van der Waals surface area contributed by atoms with E-state index in [1.54, 1.807) is 12.1 Å². The van der Waals surface area contributed by atoms with Crippen molar-refractivity contribution in [3.63, 3.8) is 0 Å². The molecule has 0 N–H and O–H groups in total. The van der Waals surface area contributed by atoms with Gasteiger partial charge >= 0.3 is 0 Å². The van der Waals surface area contributed by atoms with Crippen LogP contribution in [0.1, 0.15) is 54.1 Å². The molecule has 0 aliphatic heterocycles. The molecule has 2 nitrogen and oxygen atoms in total. The number of nitrogens with zero attached hydrogens (tertiary/aromatic N) is 1. The van der Waals surface area contributed by atoms with E-state index in [0.29, 0.717) is 16.3 Å². The van der Waals surface area contributed by atoms with E-state index in [4.69, 9.17) is 11.6 Å². The molecule has 0 radical (unpaired) electrons. The Morgan fingerprint density at radius 2 is 1.71 bits per heavy atom. The van der Waals surface area contributed by atoms with Crippen LogP contribution < -0.4 is 0 Å². The van der Waals surface area contributed by atoms with Gasteiger partial charge in [-0.3, -0.25) is 4.79 Å². The maximum absolute atomic E-state index is 12.3. The first-order chi connectivity index (χ1) is 10.2. The van der Waals surface area contributed by atoms with Crippen LogP contribution in [-0.2, 0) is 6.42 Å². The third-order valence-corrected chi connectivity index (χ3v) is 3.75. The molecule has 0 aliphatic carbocycles. The highest BCUT2D eigenvalue weighted by atomic mass is 35.5. The van der Waals surface area contributed by atoms with Gasteiger partial charge in [-0.05, 0) is 30.5 Å². The monoisotopic (exact) mass is 301 g/mol. The highest BCUT2D eigenvalue weighted by Crippen LogP contribution is 2.14. The molecular formula is C18H20ClNO. The van der Waals surface area contributed by atoms with E-state index in [0.717, 1.165) is 6.42 Å². The Balaban J connectivity index is 1.98. The van der Waals surface area contributed by atoms with Gasteiger partial charge in [-0.25, -0.2) is 4.98 Å². The minimum Gasteiger partial charge on any atom is -0.289 e. The van der Waals surface area contributed by atoms with Gasteiger partial charge in [0.1, 0.15) is 5.15 Å². The van der Waals surface area contributed by atoms with E-state index in [2.05, 4.69) is 11.9 Å². The molecule has 1 aromatic carbocycles. The average Bonchev–Trinajstić information content (AvgIpc) is 2.52. The molecule has 0 saturated heterocycles. The molecule has 0 spiro atoms. The van der Waals surface area contributed by atoms with Crippen molar-refractivity contribution in [2.75, 3.05) is 0 Å². The van der Waals surface area contributed by atoms with E-state index < -0.39 is 0 Å². The molecule has 0 unspecified atom stereocenters. The number of ketones is 1. The Morgan fingerprint density at radius 1 is 1.00 bits per heavy atom. The Bertz CT molecular complexity index is 575. The summed E-state index contributed by atoms with van der Waals surface area (Å²) < 4.78 is 0. The number of rotatable bonds is 7. The lowest BCUT2D eigenvalue weighted by Crippen LogP contribution is -2.02. The molecule has 3 heteroatoms. The zero-order valence-electron chi connectivity index (χ0n) is 12.3. The molecule has 0 saturated carbocycles. The molecule has 0 bridgehead atoms. The van der Waals surface area contributed by atoms with Crippen LogP contribution in [0.3, 0.4) is 0 Å². The van der Waals surface area contributed by atoms with Crippen molar-refractivity contribution in [2.45, 2.75) is 39.0 Å². The van der Waals surface area contributed by atoms with Crippen molar-refractivity contribution in [1.82, 2.24) is 4.98 Å². The number of hydrogen-bond donors (Lipinski definition) is 0. The van der Waals surface area contributed by atoms with Gasteiger partial charge in [0.15, 0.2) is 5.78 Å². The van der Waals surface area contributed by atoms with Gasteiger partial charge in [0.25, 0.3) is 0 Å². The van der Waals surface area contributed by atoms with Crippen molar-refractivity contribution in [2.24, 2.45) is 0 Å². The molecular weight excluding hydrogens is 282 g/mol.